The molecule has 3 aliphatic carbocycles. The molecule has 188 valence electrons. The van der Waals surface area contributed by atoms with Gasteiger partial charge in [-0.1, -0.05) is 0 Å². The van der Waals surface area contributed by atoms with E-state index in [2.05, 4.69) is 0 Å². The van der Waals surface area contributed by atoms with Crippen LogP contribution in [0.4, 0.5) is 5.69 Å². The molecule has 0 heterocycles. The number of phenolic OH excluding ortho intramolecular Hbond substituents is 1. The molecule has 35 heavy (non-hydrogen) atoms. The molecule has 1 aromatic rings. The van der Waals surface area contributed by atoms with Crippen LogP contribution in [-0.2, 0) is 16.0 Å². The number of nitrogens with zero attached hydrogens (tertiary/aromatic N) is 2. The fraction of sp³-hybridized carbons (Fsp3) is 0.500. The molecule has 3 unspecified atom stereocenters. The number of nitrogens with two attached hydrogens (primary N) is 1. The number of amides is 1. The Morgan fingerprint density at radius 1 is 1.20 bits per heavy atom. The second-order valence-corrected chi connectivity index (χ2v) is 9.99. The zero-order chi connectivity index (χ0) is 26.1. The van der Waals surface area contributed by atoms with Gasteiger partial charge in [0.05, 0.1) is 17.2 Å². The Morgan fingerprint density at radius 3 is 2.34 bits per heavy atom. The minimum absolute atomic E-state index is 0.0290. The summed E-state index contributed by atoms with van der Waals surface area (Å²) >= 11 is 0. The molecular weight excluding hydrogens is 458 g/mol. The van der Waals surface area contributed by atoms with Crippen LogP contribution in [0.2, 0.25) is 0 Å². The average molecular weight is 488 g/mol. The van der Waals surface area contributed by atoms with Gasteiger partial charge in [0.15, 0.2) is 23.5 Å². The van der Waals surface area contributed by atoms with Gasteiger partial charge in [-0.3, -0.25) is 19.2 Å². The van der Waals surface area contributed by atoms with Crippen molar-refractivity contribution in [2.45, 2.75) is 30.6 Å². The number of aliphatic hydroxyl groups excluding tert-OH is 2. The van der Waals surface area contributed by atoms with Crippen molar-refractivity contribution in [3.63, 3.8) is 0 Å². The molecular formula is C24H29N3O8. The number of rotatable bonds is 4. The number of fused-ring (bicyclic) bond motifs is 3. The van der Waals surface area contributed by atoms with E-state index in [0.717, 1.165) is 0 Å². The van der Waals surface area contributed by atoms with Crippen LogP contribution in [0.3, 0.4) is 0 Å². The number of phenols is 1. The maximum Gasteiger partial charge on any atom is 0.230 e. The first-order valence-electron chi connectivity index (χ1n) is 11.2. The second-order valence-electron chi connectivity index (χ2n) is 9.99. The second kappa shape index (κ2) is 8.14. The van der Waals surface area contributed by atoms with Crippen molar-refractivity contribution in [2.24, 2.45) is 23.5 Å². The molecule has 11 heteroatoms. The topological polar surface area (TPSA) is 182 Å². The highest BCUT2D eigenvalue weighted by atomic mass is 16.3. The van der Waals surface area contributed by atoms with Gasteiger partial charge < -0.3 is 36.0 Å². The summed E-state index contributed by atoms with van der Waals surface area (Å²) in [6.45, 7) is 0. The third-order valence-corrected chi connectivity index (χ3v) is 7.71. The number of ketones is 2. The highest BCUT2D eigenvalue weighted by molar-refractivity contribution is 6.17. The summed E-state index contributed by atoms with van der Waals surface area (Å²) in [4.78, 5) is 53.8. The van der Waals surface area contributed by atoms with E-state index in [9.17, 15) is 39.6 Å². The monoisotopic (exact) mass is 487 g/mol. The number of aldehydes is 1. The van der Waals surface area contributed by atoms with E-state index in [1.165, 1.54) is 6.07 Å². The molecule has 0 aliphatic heterocycles. The van der Waals surface area contributed by atoms with Crippen LogP contribution in [-0.4, -0.2) is 95.0 Å². The number of aliphatic hydroxyl groups is 3. The number of aromatic hydroxyl groups is 1. The number of primary amides is 1. The zero-order valence-corrected chi connectivity index (χ0v) is 19.8. The van der Waals surface area contributed by atoms with Crippen molar-refractivity contribution in [1.82, 2.24) is 4.90 Å². The Kier molecular flexibility index (Phi) is 5.78. The van der Waals surface area contributed by atoms with E-state index < -0.39 is 64.5 Å². The number of benzene rings is 1. The molecule has 6 N–H and O–H groups in total. The van der Waals surface area contributed by atoms with Gasteiger partial charge >= 0.3 is 0 Å². The molecule has 0 bridgehead atoms. The summed E-state index contributed by atoms with van der Waals surface area (Å²) in [5.74, 6) is -8.13. The van der Waals surface area contributed by atoms with Gasteiger partial charge in [-0.15, -0.1) is 0 Å². The van der Waals surface area contributed by atoms with Gasteiger partial charge in [0.1, 0.15) is 17.4 Å². The van der Waals surface area contributed by atoms with Crippen molar-refractivity contribution >= 4 is 29.4 Å². The van der Waals surface area contributed by atoms with Crippen molar-refractivity contribution < 1.29 is 39.6 Å². The first kappa shape index (κ1) is 24.8. The highest BCUT2D eigenvalue weighted by Crippen LogP contribution is 2.53. The van der Waals surface area contributed by atoms with Crippen molar-refractivity contribution in [1.29, 1.82) is 0 Å². The van der Waals surface area contributed by atoms with E-state index in [1.54, 1.807) is 38.0 Å². The molecule has 1 amide bonds. The van der Waals surface area contributed by atoms with E-state index in [4.69, 9.17) is 5.73 Å². The maximum atomic E-state index is 13.7. The molecule has 4 rings (SSSR count). The molecule has 0 aromatic heterocycles. The lowest BCUT2D eigenvalue weighted by Crippen LogP contribution is -2.71. The maximum absolute atomic E-state index is 13.7. The Balaban J connectivity index is 1.98. The Morgan fingerprint density at radius 2 is 1.83 bits per heavy atom. The number of hydrogen-bond acceptors (Lipinski definition) is 10. The Hall–Kier alpha value is -3.28. The first-order valence-corrected chi connectivity index (χ1v) is 11.2. The molecule has 0 saturated heterocycles. The van der Waals surface area contributed by atoms with E-state index >= 15 is 0 Å². The predicted octanol–water partition coefficient (Wildman–Crippen LogP) is -0.836. The largest absolute Gasteiger partial charge is 0.508 e. The van der Waals surface area contributed by atoms with E-state index in [-0.39, 0.29) is 29.5 Å². The van der Waals surface area contributed by atoms with Gasteiger partial charge in [0, 0.05) is 37.3 Å². The van der Waals surface area contributed by atoms with Crippen LogP contribution in [0, 0.1) is 17.8 Å². The van der Waals surface area contributed by atoms with Crippen molar-refractivity contribution in [3.8, 4) is 5.75 Å². The van der Waals surface area contributed by atoms with Crippen molar-refractivity contribution in [3.05, 3.63) is 34.1 Å². The SMILES string of the molecule is CN(C)c1cc(C=O)c(O)c2c1C[C@H]1C[C@H]3C(N(C)C)C(O)C(C(N)=O)C(=O)[C@@]3(O)C(O)=C1C2=O. The average Bonchev–Trinajstić information content (AvgIpc) is 2.75. The summed E-state index contributed by atoms with van der Waals surface area (Å²) in [6.07, 6.45) is -0.929. The predicted molar refractivity (Wildman–Crippen MR) is 123 cm³/mol. The number of likely N-dealkylation sites (N-methyl/N-ethyl adjacent to an activating group) is 1. The number of allylic oxidation sites excluding steroid dienone is 1. The quantitative estimate of drug-likeness (QED) is 0.265. The van der Waals surface area contributed by atoms with Gasteiger partial charge in [0.2, 0.25) is 5.91 Å². The number of hydrogen-bond donors (Lipinski definition) is 5. The molecule has 11 nitrogen and oxygen atoms in total. The first-order chi connectivity index (χ1) is 16.3. The third-order valence-electron chi connectivity index (χ3n) is 7.71. The van der Waals surface area contributed by atoms with Crippen LogP contribution in [0.25, 0.3) is 0 Å². The number of anilines is 1. The fourth-order valence-electron chi connectivity index (χ4n) is 6.16. The van der Waals surface area contributed by atoms with Crippen LogP contribution in [0.5, 0.6) is 5.75 Å². The molecule has 6 atom stereocenters. The lowest BCUT2D eigenvalue weighted by atomic mass is 9.56. The molecule has 1 saturated carbocycles. The summed E-state index contributed by atoms with van der Waals surface area (Å²) in [6, 6.07) is 0.533. The van der Waals surface area contributed by atoms with Gasteiger partial charge in [0.25, 0.3) is 0 Å². The Labute approximate surface area is 201 Å². The van der Waals surface area contributed by atoms with Gasteiger partial charge in [-0.2, -0.15) is 0 Å². The summed E-state index contributed by atoms with van der Waals surface area (Å²) in [5.41, 5.74) is 3.16. The summed E-state index contributed by atoms with van der Waals surface area (Å²) < 4.78 is 0. The number of carbonyl (C=O) groups excluding carboxylic acids is 4. The highest BCUT2D eigenvalue weighted by Gasteiger charge is 2.66. The molecule has 0 radical (unpaired) electrons. The number of Topliss-reactive ketones (excluding diaryl/α,β-unsaturated/α-hetero) is 2. The van der Waals surface area contributed by atoms with Crippen LogP contribution in [0.15, 0.2) is 17.4 Å². The van der Waals surface area contributed by atoms with Gasteiger partial charge in [-0.05, 0) is 44.5 Å². The molecule has 1 aromatic carbocycles. The number of carbonyl (C=O) groups is 4. The minimum atomic E-state index is -2.64. The standard InChI is InChI=1S/C24H29N3O8/c1-26(2)13-7-10(8-28)18(29)15-11(13)5-9-6-12-17(27(3)4)20(31)16(23(25)34)22(33)24(12,35)21(32)14(9)19(15)30/h7-9,12,16-17,20,29,31-32,35H,5-6H2,1-4H3,(H2,25,34)/t9-,12-,16?,17?,20?,24-/m0/s1. The van der Waals surface area contributed by atoms with E-state index in [1.807, 2.05) is 0 Å². The Bertz CT molecular complexity index is 1190. The van der Waals surface area contributed by atoms with Gasteiger partial charge in [-0.25, -0.2) is 0 Å². The molecule has 3 aliphatic rings. The fourth-order valence-corrected chi connectivity index (χ4v) is 6.16. The lowest BCUT2D eigenvalue weighted by molar-refractivity contribution is -0.178. The van der Waals surface area contributed by atoms with Crippen LogP contribution >= 0.6 is 0 Å². The van der Waals surface area contributed by atoms with Crippen molar-refractivity contribution in [2.75, 3.05) is 33.1 Å². The zero-order valence-electron chi connectivity index (χ0n) is 19.8. The summed E-state index contributed by atoms with van der Waals surface area (Å²) in [5, 5.41) is 44.5. The van der Waals surface area contributed by atoms with Crippen LogP contribution in [0.1, 0.15) is 32.7 Å². The van der Waals surface area contributed by atoms with Crippen LogP contribution < -0.4 is 10.6 Å². The normalized spacial score (nSPS) is 32.1. The lowest BCUT2D eigenvalue weighted by Gasteiger charge is -2.53. The summed E-state index contributed by atoms with van der Waals surface area (Å²) in [7, 11) is 6.64. The third kappa shape index (κ3) is 3.22. The molecule has 0 spiro atoms. The molecule has 1 fully saturated rings. The van der Waals surface area contributed by atoms with E-state index in [0.29, 0.717) is 17.5 Å². The smallest absolute Gasteiger partial charge is 0.230 e. The minimum Gasteiger partial charge on any atom is -0.508 e.